The van der Waals surface area contributed by atoms with Crippen molar-refractivity contribution in [1.29, 1.82) is 0 Å². The zero-order valence-corrected chi connectivity index (χ0v) is 11.7. The largest absolute Gasteiger partial charge is 0.469 e. The van der Waals surface area contributed by atoms with Gasteiger partial charge in [0.1, 0.15) is 5.65 Å². The van der Waals surface area contributed by atoms with Crippen molar-refractivity contribution in [3.63, 3.8) is 0 Å². The molecular formula is C13H14ClN3O3. The van der Waals surface area contributed by atoms with Crippen LogP contribution < -0.4 is 5.32 Å². The molecule has 2 heterocycles. The predicted molar refractivity (Wildman–Crippen MR) is 74.7 cm³/mol. The summed E-state index contributed by atoms with van der Waals surface area (Å²) in [6.45, 7) is 0.387. The van der Waals surface area contributed by atoms with Gasteiger partial charge in [-0.3, -0.25) is 9.59 Å². The zero-order chi connectivity index (χ0) is 14.5. The maximum atomic E-state index is 12.1. The third-order valence-corrected chi connectivity index (χ3v) is 3.15. The van der Waals surface area contributed by atoms with E-state index in [-0.39, 0.29) is 18.3 Å². The summed E-state index contributed by atoms with van der Waals surface area (Å²) in [6, 6.07) is 1.63. The fourth-order valence-electron chi connectivity index (χ4n) is 1.83. The van der Waals surface area contributed by atoms with Gasteiger partial charge in [0, 0.05) is 25.4 Å². The molecule has 0 aliphatic heterocycles. The Labute approximate surface area is 120 Å². The number of ether oxygens (including phenoxy) is 1. The molecule has 20 heavy (non-hydrogen) atoms. The van der Waals surface area contributed by atoms with Crippen LogP contribution in [0.4, 0.5) is 0 Å². The average molecular weight is 296 g/mol. The van der Waals surface area contributed by atoms with Crippen molar-refractivity contribution in [2.75, 3.05) is 13.7 Å². The molecule has 0 bridgehead atoms. The molecule has 0 spiro atoms. The molecule has 2 aromatic rings. The Balaban J connectivity index is 2.00. The van der Waals surface area contributed by atoms with Crippen LogP contribution in [0.25, 0.3) is 11.0 Å². The summed E-state index contributed by atoms with van der Waals surface area (Å²) in [7, 11) is 1.34. The highest BCUT2D eigenvalue weighted by atomic mass is 35.5. The first-order valence-electron chi connectivity index (χ1n) is 6.10. The highest BCUT2D eigenvalue weighted by molar-refractivity contribution is 6.36. The van der Waals surface area contributed by atoms with E-state index in [9.17, 15) is 9.59 Å². The molecule has 0 saturated heterocycles. The van der Waals surface area contributed by atoms with Gasteiger partial charge in [0.25, 0.3) is 5.91 Å². The minimum Gasteiger partial charge on any atom is -0.469 e. The van der Waals surface area contributed by atoms with E-state index < -0.39 is 0 Å². The number of amides is 1. The number of hydrogen-bond acceptors (Lipinski definition) is 4. The van der Waals surface area contributed by atoms with E-state index in [0.29, 0.717) is 34.6 Å². The lowest BCUT2D eigenvalue weighted by Gasteiger charge is -2.04. The zero-order valence-electron chi connectivity index (χ0n) is 10.9. The van der Waals surface area contributed by atoms with Gasteiger partial charge in [0.15, 0.2) is 0 Å². The second kappa shape index (κ2) is 6.38. The lowest BCUT2D eigenvalue weighted by atomic mass is 10.2. The molecule has 0 aliphatic carbocycles. The summed E-state index contributed by atoms with van der Waals surface area (Å²) in [6.07, 6.45) is 3.93. The van der Waals surface area contributed by atoms with Crippen LogP contribution in [-0.4, -0.2) is 35.5 Å². The average Bonchev–Trinajstić information content (AvgIpc) is 2.88. The third-order valence-electron chi connectivity index (χ3n) is 2.84. The fourth-order valence-corrected chi connectivity index (χ4v) is 2.08. The number of aromatic amines is 1. The number of H-pyrrole nitrogens is 1. The Morgan fingerprint density at radius 1 is 1.50 bits per heavy atom. The van der Waals surface area contributed by atoms with E-state index in [1.165, 1.54) is 7.11 Å². The normalized spacial score (nSPS) is 10.5. The van der Waals surface area contributed by atoms with Crippen molar-refractivity contribution in [3.8, 4) is 0 Å². The number of nitrogens with one attached hydrogen (secondary N) is 2. The van der Waals surface area contributed by atoms with Crippen molar-refractivity contribution < 1.29 is 14.3 Å². The predicted octanol–water partition coefficient (Wildman–Crippen LogP) is 1.90. The summed E-state index contributed by atoms with van der Waals surface area (Å²) in [5, 5.41) is 3.80. The number of hydrogen-bond donors (Lipinski definition) is 2. The van der Waals surface area contributed by atoms with E-state index in [0.717, 1.165) is 0 Å². The summed E-state index contributed by atoms with van der Waals surface area (Å²) in [4.78, 5) is 30.0. The molecule has 0 aromatic carbocycles. The summed E-state index contributed by atoms with van der Waals surface area (Å²) in [5.41, 5.74) is 1.01. The molecule has 2 rings (SSSR count). The Hall–Kier alpha value is -2.08. The first kappa shape index (κ1) is 14.3. The van der Waals surface area contributed by atoms with Crippen molar-refractivity contribution in [2.24, 2.45) is 0 Å². The van der Waals surface area contributed by atoms with Gasteiger partial charge in [-0.05, 0) is 12.5 Å². The highest BCUT2D eigenvalue weighted by Gasteiger charge is 2.14. The van der Waals surface area contributed by atoms with E-state index >= 15 is 0 Å². The van der Waals surface area contributed by atoms with E-state index in [1.54, 1.807) is 18.5 Å². The number of fused-ring (bicyclic) bond motifs is 1. The Morgan fingerprint density at radius 3 is 3.05 bits per heavy atom. The second-order valence-corrected chi connectivity index (χ2v) is 4.56. The second-order valence-electron chi connectivity index (χ2n) is 4.15. The third kappa shape index (κ3) is 3.08. The number of nitrogens with zero attached hydrogens (tertiary/aromatic N) is 1. The van der Waals surface area contributed by atoms with Gasteiger partial charge < -0.3 is 15.0 Å². The van der Waals surface area contributed by atoms with E-state index in [2.05, 4.69) is 20.0 Å². The molecule has 1 amide bonds. The minimum atomic E-state index is -0.293. The van der Waals surface area contributed by atoms with Crippen LogP contribution in [0, 0.1) is 0 Å². The Bertz CT molecular complexity index is 639. The Kier molecular flexibility index (Phi) is 4.57. The van der Waals surface area contributed by atoms with E-state index in [1.807, 2.05) is 0 Å². The van der Waals surface area contributed by atoms with Gasteiger partial charge in [-0.15, -0.1) is 0 Å². The molecule has 0 fully saturated rings. The van der Waals surface area contributed by atoms with Crippen LogP contribution in [0.3, 0.4) is 0 Å². The maximum Gasteiger partial charge on any atom is 0.305 e. The number of carbonyl (C=O) groups excluding carboxylic acids is 2. The molecule has 106 valence electrons. The number of rotatable bonds is 5. The van der Waals surface area contributed by atoms with Crippen LogP contribution in [-0.2, 0) is 9.53 Å². The summed E-state index contributed by atoms with van der Waals surface area (Å²) >= 11 is 6.07. The SMILES string of the molecule is COC(=O)CCCNC(=O)c1c[nH]c2nccc(Cl)c12. The monoisotopic (exact) mass is 295 g/mol. The molecule has 0 atom stereocenters. The molecule has 0 radical (unpaired) electrons. The van der Waals surface area contributed by atoms with Crippen LogP contribution in [0.15, 0.2) is 18.5 Å². The van der Waals surface area contributed by atoms with Crippen molar-refractivity contribution in [3.05, 3.63) is 29.0 Å². The van der Waals surface area contributed by atoms with Crippen molar-refractivity contribution in [1.82, 2.24) is 15.3 Å². The number of aromatic nitrogens is 2. The molecule has 0 aliphatic rings. The number of halogens is 1. The van der Waals surface area contributed by atoms with Crippen LogP contribution >= 0.6 is 11.6 Å². The molecule has 2 N–H and O–H groups in total. The molecule has 0 unspecified atom stereocenters. The lowest BCUT2D eigenvalue weighted by molar-refractivity contribution is -0.140. The topological polar surface area (TPSA) is 84.1 Å². The molecule has 2 aromatic heterocycles. The summed E-state index contributed by atoms with van der Waals surface area (Å²) < 4.78 is 4.52. The Morgan fingerprint density at radius 2 is 2.30 bits per heavy atom. The first-order chi connectivity index (χ1) is 9.63. The van der Waals surface area contributed by atoms with E-state index in [4.69, 9.17) is 11.6 Å². The van der Waals surface area contributed by atoms with Gasteiger partial charge >= 0.3 is 5.97 Å². The van der Waals surface area contributed by atoms with Crippen LogP contribution in [0.1, 0.15) is 23.2 Å². The molecule has 6 nitrogen and oxygen atoms in total. The number of esters is 1. The standard InChI is InChI=1S/C13H14ClN3O3/c1-20-10(18)3-2-5-16-13(19)8-7-17-12-11(8)9(14)4-6-15-12/h4,6-7H,2-3,5H2,1H3,(H,15,17)(H,16,19). The first-order valence-corrected chi connectivity index (χ1v) is 6.48. The van der Waals surface area contributed by atoms with Crippen LogP contribution in [0.2, 0.25) is 5.02 Å². The maximum absolute atomic E-state index is 12.1. The summed E-state index contributed by atoms with van der Waals surface area (Å²) in [5.74, 6) is -0.547. The lowest BCUT2D eigenvalue weighted by Crippen LogP contribution is -2.24. The van der Waals surface area contributed by atoms with Gasteiger partial charge in [0.2, 0.25) is 0 Å². The van der Waals surface area contributed by atoms with Gasteiger partial charge in [0.05, 0.1) is 23.1 Å². The van der Waals surface area contributed by atoms with Crippen LogP contribution in [0.5, 0.6) is 0 Å². The smallest absolute Gasteiger partial charge is 0.305 e. The quantitative estimate of drug-likeness (QED) is 0.652. The molecular weight excluding hydrogens is 282 g/mol. The minimum absolute atomic E-state index is 0.254. The number of carbonyl (C=O) groups is 2. The van der Waals surface area contributed by atoms with Gasteiger partial charge in [-0.2, -0.15) is 0 Å². The van der Waals surface area contributed by atoms with Crippen molar-refractivity contribution >= 4 is 34.5 Å². The fraction of sp³-hybridized carbons (Fsp3) is 0.308. The van der Waals surface area contributed by atoms with Gasteiger partial charge in [-0.25, -0.2) is 4.98 Å². The highest BCUT2D eigenvalue weighted by Crippen LogP contribution is 2.24. The van der Waals surface area contributed by atoms with Crippen molar-refractivity contribution in [2.45, 2.75) is 12.8 Å². The molecule has 0 saturated carbocycles. The molecule has 7 heteroatoms. The van der Waals surface area contributed by atoms with Gasteiger partial charge in [-0.1, -0.05) is 11.6 Å². The number of methoxy groups -OCH3 is 1. The number of pyridine rings is 1.